The van der Waals surface area contributed by atoms with Gasteiger partial charge in [0.05, 0.1) is 0 Å². The molecule has 0 N–H and O–H groups in total. The van der Waals surface area contributed by atoms with E-state index >= 15 is 0 Å². The first kappa shape index (κ1) is 84.8. The Kier molecular flexibility index (Phi) is 21.2. The van der Waals surface area contributed by atoms with E-state index in [9.17, 15) is 0 Å². The fraction of sp³-hybridized carbons (Fsp3) is 0. The zero-order chi connectivity index (χ0) is 95.1. The minimum Gasteiger partial charge on any atom is -0.458 e. The maximum Gasteiger partial charge on any atom is 0.260 e. The molecule has 22 aromatic rings. The van der Waals surface area contributed by atoms with Crippen LogP contribution in [0.15, 0.2) is 510 Å². The van der Waals surface area contributed by atoms with E-state index in [1.165, 1.54) is 71.9 Å². The normalized spacial score (nSPS) is 12.6. The molecular weight excluding hydrogens is 1760 g/mol. The molecule has 0 radical (unpaired) electrons. The Morgan fingerprint density at radius 1 is 0.0903 bits per heavy atom. The molecule has 144 heavy (non-hydrogen) atoms. The molecule has 0 unspecified atom stereocenters. The lowest BCUT2D eigenvalue weighted by Gasteiger charge is -2.34. The Morgan fingerprint density at radius 3 is 0.458 bits per heavy atom. The lowest BCUT2D eigenvalue weighted by Crippen LogP contribution is -2.57. The topological polar surface area (TPSA) is 73.8 Å². The summed E-state index contributed by atoms with van der Waals surface area (Å²) in [6, 6.07) is 178. The lowest BCUT2D eigenvalue weighted by molar-refractivity contribution is 0.464. The van der Waals surface area contributed by atoms with Crippen molar-refractivity contribution in [2.75, 3.05) is 0 Å². The van der Waals surface area contributed by atoms with Gasteiger partial charge in [-0.25, -0.2) is 0 Å². The van der Waals surface area contributed by atoms with Gasteiger partial charge in [0.15, 0.2) is 0 Å². The fourth-order valence-electron chi connectivity index (χ4n) is 21.9. The molecular formula is C132H84B4O8. The van der Waals surface area contributed by atoms with E-state index in [0.717, 1.165) is 197 Å². The molecule has 0 bridgehead atoms. The second-order valence-corrected chi connectivity index (χ2v) is 37.3. The molecule has 0 spiro atoms. The van der Waals surface area contributed by atoms with E-state index in [1.807, 2.05) is 60.7 Å². The van der Waals surface area contributed by atoms with Gasteiger partial charge < -0.3 is 37.9 Å². The van der Waals surface area contributed by atoms with E-state index in [4.69, 9.17) is 37.9 Å². The van der Waals surface area contributed by atoms with Crippen molar-refractivity contribution in [2.24, 2.45) is 0 Å². The molecule has 12 heteroatoms. The zero-order valence-corrected chi connectivity index (χ0v) is 78.1. The van der Waals surface area contributed by atoms with Crippen molar-refractivity contribution < 1.29 is 37.9 Å². The first-order chi connectivity index (χ1) is 71.3. The molecule has 22 aromatic carbocycles. The van der Waals surface area contributed by atoms with Crippen LogP contribution in [0.1, 0.15) is 0 Å². The van der Waals surface area contributed by atoms with Crippen LogP contribution in [0.4, 0.5) is 0 Å². The summed E-state index contributed by atoms with van der Waals surface area (Å²) in [7, 11) is 0. The quantitative estimate of drug-likeness (QED) is 0.125. The minimum atomic E-state index is -0.000326. The van der Waals surface area contributed by atoms with Gasteiger partial charge in [-0.2, -0.15) is 0 Å². The summed E-state index contributed by atoms with van der Waals surface area (Å²) in [5.74, 6) is 14.1. The molecule has 8 aliphatic heterocycles. The molecule has 0 aromatic heterocycles. The third-order valence-electron chi connectivity index (χ3n) is 28.8. The molecule has 8 heterocycles. The molecule has 672 valence electrons. The number of benzene rings is 22. The summed E-state index contributed by atoms with van der Waals surface area (Å²) in [6.07, 6.45) is 0. The van der Waals surface area contributed by atoms with E-state index < -0.39 is 0 Å². The van der Waals surface area contributed by atoms with Gasteiger partial charge in [-0.1, -0.05) is 413 Å². The smallest absolute Gasteiger partial charge is 0.260 e. The van der Waals surface area contributed by atoms with Crippen LogP contribution in [0.25, 0.3) is 111 Å². The predicted molar refractivity (Wildman–Crippen MR) is 591 cm³/mol. The van der Waals surface area contributed by atoms with E-state index in [-0.39, 0.29) is 26.9 Å². The number of hydrogen-bond donors (Lipinski definition) is 0. The molecule has 0 atom stereocenters. The zero-order valence-electron chi connectivity index (χ0n) is 78.1. The number of ether oxygens (including phenoxy) is 8. The number of rotatable bonds is 10. The largest absolute Gasteiger partial charge is 0.458 e. The third-order valence-corrected chi connectivity index (χ3v) is 28.8. The number of para-hydroxylation sites is 2. The first-order valence-electron chi connectivity index (χ1n) is 49.0. The Balaban J connectivity index is 0.0000000959. The third kappa shape index (κ3) is 15.5. The van der Waals surface area contributed by atoms with Crippen LogP contribution in [0, 0.1) is 0 Å². The Labute approximate surface area is 837 Å². The van der Waals surface area contributed by atoms with Crippen molar-refractivity contribution >= 4 is 92.4 Å². The summed E-state index contributed by atoms with van der Waals surface area (Å²) < 4.78 is 52.6. The highest BCUT2D eigenvalue weighted by Gasteiger charge is 2.46. The van der Waals surface area contributed by atoms with Crippen molar-refractivity contribution in [3.8, 4) is 203 Å². The lowest BCUT2D eigenvalue weighted by atomic mass is 9.34. The number of hydrogen-bond acceptors (Lipinski definition) is 8. The van der Waals surface area contributed by atoms with E-state index in [1.54, 1.807) is 0 Å². The Morgan fingerprint density at radius 2 is 0.236 bits per heavy atom. The van der Waals surface area contributed by atoms with Gasteiger partial charge in [0.2, 0.25) is 0 Å². The fourth-order valence-corrected chi connectivity index (χ4v) is 21.9. The summed E-state index contributed by atoms with van der Waals surface area (Å²) in [4.78, 5) is 0. The van der Waals surface area contributed by atoms with Gasteiger partial charge in [-0.15, -0.1) is 0 Å². The van der Waals surface area contributed by atoms with Gasteiger partial charge >= 0.3 is 0 Å². The first-order valence-corrected chi connectivity index (χ1v) is 49.0. The Hall–Kier alpha value is -18.5. The van der Waals surface area contributed by atoms with Gasteiger partial charge in [0, 0.05) is 21.9 Å². The average molecular weight is 1840 g/mol. The van der Waals surface area contributed by atoms with Crippen LogP contribution in [0.5, 0.6) is 92.0 Å². The summed E-state index contributed by atoms with van der Waals surface area (Å²) in [5, 5.41) is 0. The second kappa shape index (κ2) is 36.1. The van der Waals surface area contributed by atoms with Crippen LogP contribution < -0.4 is 103 Å². The molecule has 30 rings (SSSR count). The van der Waals surface area contributed by atoms with Gasteiger partial charge in [0.1, 0.15) is 92.0 Å². The monoisotopic (exact) mass is 1840 g/mol. The second-order valence-electron chi connectivity index (χ2n) is 37.3. The molecule has 8 aliphatic rings. The summed E-state index contributed by atoms with van der Waals surface area (Å²) in [6.45, 7) is 0.178. The SMILES string of the molecule is c1ccc(-c2cc3c4c(c2)Oc2ccc(-c5ccccc5)cc2B4c2cc(-c4ccccc4)ccc2O3)cc1.c1ccc(-c2cc3c4c(c2)Oc2ccc(-c5ccccc5)cc2B4c2ccccc2O3)cc1.c1ccc(-c2ccc3c(c2)Oc2cc(-c4ccccc4)cc4c2B3c2ccc(-c3ccccc3)cc2O4)cc1.c1ccc(-c2ccc3c(c2)Oc2cc(-c4ccccc4)cc4c2B3c2ccccc2O4)cc1. The maximum atomic E-state index is 6.68. The van der Waals surface area contributed by atoms with Crippen molar-refractivity contribution in [2.45, 2.75) is 0 Å². The van der Waals surface area contributed by atoms with Crippen LogP contribution >= 0.6 is 0 Å². The molecule has 0 fully saturated rings. The molecule has 0 saturated heterocycles. The maximum absolute atomic E-state index is 6.68. The Bertz CT molecular complexity index is 8510. The summed E-state index contributed by atoms with van der Waals surface area (Å²) in [5.41, 5.74) is 36.7. The van der Waals surface area contributed by atoms with Crippen molar-refractivity contribution in [3.05, 3.63) is 510 Å². The van der Waals surface area contributed by atoms with Gasteiger partial charge in [-0.3, -0.25) is 0 Å². The van der Waals surface area contributed by atoms with Crippen LogP contribution in [-0.2, 0) is 0 Å². The van der Waals surface area contributed by atoms with Gasteiger partial charge in [0.25, 0.3) is 26.9 Å². The standard InChI is InChI=1S/2C36H23BO2.2C30H19BO2/c1-4-10-24(11-5-1)27-16-18-32-30(20-27)37-31-21-28(25-12-6-2-7-13-25)17-19-33(31)39-35-23-29(22-34(38-32)36(35)37)26-14-8-3-9-15-26;1-4-10-24(11-5-1)27-16-18-30-32(20-27)38-34-22-29(26-14-8-3-9-15-26)23-35-36(34)37(30)31-19-17-28(21-33(31)39-35)25-12-6-2-7-13-25;1-3-9-20(10-4-1)22-15-16-27-25(17-22)31-24-13-7-8-14-26(24)32-28-18-23(19-29(33-27)30(28)31)21-11-5-2-6-12-21;1-3-9-20(10-4-1)22-15-16-25-27(17-22)33-29-19-23(21-11-5-2-6-12-21)18-28-30(29)31(25)24-13-7-8-14-26(24)32-28/h2*1-23H;2*1-19H. The molecule has 0 amide bonds. The van der Waals surface area contributed by atoms with Crippen LogP contribution in [0.3, 0.4) is 0 Å². The number of fused-ring (bicyclic) bond motifs is 16. The highest BCUT2D eigenvalue weighted by atomic mass is 16.5. The average Bonchev–Trinajstić information content (AvgIpc) is 0.731. The van der Waals surface area contributed by atoms with E-state index in [2.05, 4.69) is 449 Å². The van der Waals surface area contributed by atoms with Gasteiger partial charge in [-0.05, 0) is 252 Å². The highest BCUT2D eigenvalue weighted by Crippen LogP contribution is 2.47. The summed E-state index contributed by atoms with van der Waals surface area (Å²) >= 11 is 0. The minimum absolute atomic E-state index is 0.000326. The van der Waals surface area contributed by atoms with Crippen molar-refractivity contribution in [1.82, 2.24) is 0 Å². The predicted octanol–water partition coefficient (Wildman–Crippen LogP) is 26.3. The molecule has 8 nitrogen and oxygen atoms in total. The van der Waals surface area contributed by atoms with E-state index in [0.29, 0.717) is 0 Å². The van der Waals surface area contributed by atoms with Crippen LogP contribution in [-0.4, -0.2) is 26.9 Å². The molecule has 0 aliphatic carbocycles. The van der Waals surface area contributed by atoms with Crippen molar-refractivity contribution in [3.63, 3.8) is 0 Å². The molecule has 0 saturated carbocycles. The van der Waals surface area contributed by atoms with Crippen LogP contribution in [0.2, 0.25) is 0 Å². The van der Waals surface area contributed by atoms with Crippen molar-refractivity contribution in [1.29, 1.82) is 0 Å². The highest BCUT2D eigenvalue weighted by molar-refractivity contribution is 7.00.